The van der Waals surface area contributed by atoms with Gasteiger partial charge in [-0.1, -0.05) is 11.3 Å². The van der Waals surface area contributed by atoms with Gasteiger partial charge in [0.2, 0.25) is 11.1 Å². The Morgan fingerprint density at radius 2 is 2.15 bits per heavy atom. The molecule has 0 atom stereocenters. The molecule has 0 amide bonds. The highest BCUT2D eigenvalue weighted by Crippen LogP contribution is 2.34. The van der Waals surface area contributed by atoms with E-state index in [-0.39, 0.29) is 0 Å². The van der Waals surface area contributed by atoms with Crippen LogP contribution in [-0.4, -0.2) is 51.3 Å². The predicted molar refractivity (Wildman–Crippen MR) is 79.6 cm³/mol. The average Bonchev–Trinajstić information content (AvgIpc) is 3.06. The van der Waals surface area contributed by atoms with Crippen LogP contribution in [0.4, 0.5) is 11.1 Å². The van der Waals surface area contributed by atoms with Gasteiger partial charge in [-0.05, 0) is 11.8 Å². The summed E-state index contributed by atoms with van der Waals surface area (Å²) in [7, 11) is 5.65. The second kappa shape index (κ2) is 5.21. The van der Waals surface area contributed by atoms with E-state index in [0.717, 1.165) is 20.0 Å². The van der Waals surface area contributed by atoms with Crippen LogP contribution < -0.4 is 10.2 Å². The van der Waals surface area contributed by atoms with Crippen LogP contribution >= 0.6 is 23.1 Å². The lowest BCUT2D eigenvalue weighted by molar-refractivity contribution is 0.970. The van der Waals surface area contributed by atoms with Gasteiger partial charge in [0.1, 0.15) is 10.5 Å². The lowest BCUT2D eigenvalue weighted by atomic mass is 10.5. The van der Waals surface area contributed by atoms with Crippen LogP contribution in [0.25, 0.3) is 11.2 Å². The highest BCUT2D eigenvalue weighted by molar-refractivity contribution is 8.01. The zero-order valence-electron chi connectivity index (χ0n) is 11.1. The van der Waals surface area contributed by atoms with Gasteiger partial charge in [0, 0.05) is 21.1 Å². The minimum Gasteiger partial charge on any atom is -0.357 e. The van der Waals surface area contributed by atoms with Crippen molar-refractivity contribution in [1.82, 2.24) is 30.1 Å². The Morgan fingerprint density at radius 3 is 2.85 bits per heavy atom. The van der Waals surface area contributed by atoms with Crippen LogP contribution in [0, 0.1) is 0 Å². The van der Waals surface area contributed by atoms with E-state index in [1.54, 1.807) is 13.4 Å². The number of H-pyrrole nitrogens is 1. The monoisotopic (exact) mass is 308 g/mol. The van der Waals surface area contributed by atoms with Gasteiger partial charge in [0.05, 0.1) is 6.33 Å². The van der Waals surface area contributed by atoms with E-state index in [2.05, 4.69) is 35.5 Å². The Bertz CT molecular complexity index is 734. The fraction of sp³-hybridized carbons (Fsp3) is 0.300. The summed E-state index contributed by atoms with van der Waals surface area (Å²) >= 11 is 2.96. The quantitative estimate of drug-likeness (QED) is 0.699. The third-order valence-electron chi connectivity index (χ3n) is 2.44. The molecule has 3 rings (SSSR count). The Morgan fingerprint density at radius 1 is 1.30 bits per heavy atom. The van der Waals surface area contributed by atoms with Crippen molar-refractivity contribution in [3.8, 4) is 0 Å². The second-order valence-corrected chi connectivity index (χ2v) is 6.24. The number of aromatic nitrogens is 6. The molecule has 0 aliphatic carbocycles. The first-order valence-corrected chi connectivity index (χ1v) is 7.38. The average molecular weight is 308 g/mol. The molecular weight excluding hydrogens is 296 g/mol. The summed E-state index contributed by atoms with van der Waals surface area (Å²) in [5.74, 6) is 0.532. The minimum absolute atomic E-state index is 0.532. The van der Waals surface area contributed by atoms with Gasteiger partial charge >= 0.3 is 0 Å². The molecule has 0 aliphatic heterocycles. The largest absolute Gasteiger partial charge is 0.357 e. The number of fused-ring (bicyclic) bond motifs is 1. The van der Waals surface area contributed by atoms with Crippen molar-refractivity contribution in [3.63, 3.8) is 0 Å². The van der Waals surface area contributed by atoms with Crippen molar-refractivity contribution in [1.29, 1.82) is 0 Å². The molecule has 0 bridgehead atoms. The van der Waals surface area contributed by atoms with Gasteiger partial charge in [0.25, 0.3) is 0 Å². The van der Waals surface area contributed by atoms with E-state index in [4.69, 9.17) is 0 Å². The third kappa shape index (κ3) is 2.39. The zero-order valence-corrected chi connectivity index (χ0v) is 12.7. The first-order chi connectivity index (χ1) is 9.67. The Hall–Kier alpha value is -1.94. The SMILES string of the molecule is CNc1nc(Sc2nnc(N(C)C)s2)c2[nH]cnc2n1. The van der Waals surface area contributed by atoms with Crippen molar-refractivity contribution in [2.45, 2.75) is 9.37 Å². The second-order valence-electron chi connectivity index (χ2n) is 4.05. The molecule has 10 heteroatoms. The minimum atomic E-state index is 0.532. The molecule has 0 radical (unpaired) electrons. The normalized spacial score (nSPS) is 10.9. The number of imidazole rings is 1. The van der Waals surface area contributed by atoms with Crippen LogP contribution in [0.3, 0.4) is 0 Å². The zero-order chi connectivity index (χ0) is 14.1. The van der Waals surface area contributed by atoms with Gasteiger partial charge in [-0.3, -0.25) is 0 Å². The lowest BCUT2D eigenvalue weighted by Crippen LogP contribution is -2.07. The topological polar surface area (TPSA) is 95.5 Å². The summed E-state index contributed by atoms with van der Waals surface area (Å²) in [6.07, 6.45) is 1.61. The Labute approximate surface area is 123 Å². The predicted octanol–water partition coefficient (Wildman–Crippen LogP) is 1.46. The van der Waals surface area contributed by atoms with Crippen LogP contribution in [0.2, 0.25) is 0 Å². The van der Waals surface area contributed by atoms with Gasteiger partial charge in [0.15, 0.2) is 9.99 Å². The highest BCUT2D eigenvalue weighted by atomic mass is 32.2. The number of hydrogen-bond acceptors (Lipinski definition) is 9. The maximum Gasteiger partial charge on any atom is 0.225 e. The fourth-order valence-corrected chi connectivity index (χ4v) is 3.26. The summed E-state index contributed by atoms with van der Waals surface area (Å²) in [6, 6.07) is 0. The van der Waals surface area contributed by atoms with Crippen molar-refractivity contribution >= 4 is 45.3 Å². The molecule has 0 saturated carbocycles. The van der Waals surface area contributed by atoms with Gasteiger partial charge in [-0.25, -0.2) is 9.97 Å². The summed E-state index contributed by atoms with van der Waals surface area (Å²) in [5.41, 5.74) is 1.43. The molecule has 3 aromatic heterocycles. The summed E-state index contributed by atoms with van der Waals surface area (Å²) < 4.78 is 0.824. The van der Waals surface area contributed by atoms with E-state index >= 15 is 0 Å². The molecule has 0 spiro atoms. The molecule has 0 aromatic carbocycles. The Balaban J connectivity index is 1.98. The molecule has 0 saturated heterocycles. The van der Waals surface area contributed by atoms with Crippen LogP contribution in [0.5, 0.6) is 0 Å². The summed E-state index contributed by atoms with van der Waals surface area (Å²) in [6.45, 7) is 0. The molecule has 0 aliphatic rings. The molecule has 20 heavy (non-hydrogen) atoms. The van der Waals surface area contributed by atoms with E-state index < -0.39 is 0 Å². The number of hydrogen-bond donors (Lipinski definition) is 2. The third-order valence-corrected chi connectivity index (χ3v) is 4.57. The number of anilines is 2. The summed E-state index contributed by atoms with van der Waals surface area (Å²) in [4.78, 5) is 17.8. The number of aromatic amines is 1. The molecule has 2 N–H and O–H groups in total. The summed E-state index contributed by atoms with van der Waals surface area (Å²) in [5, 5.41) is 12.8. The molecule has 3 heterocycles. The Kier molecular flexibility index (Phi) is 3.40. The van der Waals surface area contributed by atoms with Gasteiger partial charge in [-0.15, -0.1) is 10.2 Å². The smallest absolute Gasteiger partial charge is 0.225 e. The molecular formula is C10H12N8S2. The molecule has 0 fully saturated rings. The maximum absolute atomic E-state index is 4.44. The number of nitrogens with one attached hydrogen (secondary N) is 2. The lowest BCUT2D eigenvalue weighted by Gasteiger charge is -2.04. The van der Waals surface area contributed by atoms with E-state index in [1.165, 1.54) is 23.1 Å². The molecule has 3 aromatic rings. The van der Waals surface area contributed by atoms with Crippen LogP contribution in [-0.2, 0) is 0 Å². The van der Waals surface area contributed by atoms with E-state index in [9.17, 15) is 0 Å². The fourth-order valence-electron chi connectivity index (χ4n) is 1.50. The van der Waals surface area contributed by atoms with Crippen LogP contribution in [0.15, 0.2) is 15.7 Å². The van der Waals surface area contributed by atoms with E-state index in [0.29, 0.717) is 11.6 Å². The number of rotatable bonds is 4. The molecule has 104 valence electrons. The van der Waals surface area contributed by atoms with Crippen molar-refractivity contribution < 1.29 is 0 Å². The van der Waals surface area contributed by atoms with Gasteiger partial charge < -0.3 is 15.2 Å². The first-order valence-electron chi connectivity index (χ1n) is 5.75. The van der Waals surface area contributed by atoms with Crippen molar-refractivity contribution in [2.24, 2.45) is 0 Å². The van der Waals surface area contributed by atoms with Crippen LogP contribution in [0.1, 0.15) is 0 Å². The maximum atomic E-state index is 4.44. The molecule has 8 nitrogen and oxygen atoms in total. The highest BCUT2D eigenvalue weighted by Gasteiger charge is 2.14. The molecule has 0 unspecified atom stereocenters. The van der Waals surface area contributed by atoms with Crippen molar-refractivity contribution in [3.05, 3.63) is 6.33 Å². The standard InChI is InChI=1S/C10H12N8S2/c1-11-8-14-6-5(12-4-13-6)7(15-8)19-10-17-16-9(20-10)18(2)3/h4H,1-3H3,(H2,11,12,13,14,15). The van der Waals surface area contributed by atoms with Crippen molar-refractivity contribution in [2.75, 3.05) is 31.4 Å². The first kappa shape index (κ1) is 13.1. The van der Waals surface area contributed by atoms with Gasteiger partial charge in [-0.2, -0.15) is 4.98 Å². The number of nitrogens with zero attached hydrogens (tertiary/aromatic N) is 6. The van der Waals surface area contributed by atoms with E-state index in [1.807, 2.05) is 19.0 Å².